The van der Waals surface area contributed by atoms with Crippen molar-refractivity contribution in [1.29, 1.82) is 0 Å². The zero-order valence-electron chi connectivity index (χ0n) is 25.4. The van der Waals surface area contributed by atoms with E-state index in [-0.39, 0.29) is 40.8 Å². The van der Waals surface area contributed by atoms with Crippen molar-refractivity contribution in [3.8, 4) is 33.4 Å². The molecule has 0 spiro atoms. The number of piperidine rings is 1. The van der Waals surface area contributed by atoms with E-state index in [9.17, 15) is 14.0 Å². The predicted molar refractivity (Wildman–Crippen MR) is 175 cm³/mol. The molecule has 7 rings (SSSR count). The molecule has 0 unspecified atom stereocenters. The Bertz CT molecular complexity index is 2100. The Hall–Kier alpha value is -5.47. The first-order valence-electron chi connectivity index (χ1n) is 15.6. The van der Waals surface area contributed by atoms with Gasteiger partial charge >= 0.3 is 0 Å². The van der Waals surface area contributed by atoms with Gasteiger partial charge in [-0.25, -0.2) is 13.8 Å². The fraction of sp³-hybridized carbons (Fsp3) is 0.250. The van der Waals surface area contributed by atoms with Crippen LogP contribution in [0.3, 0.4) is 0 Å². The van der Waals surface area contributed by atoms with Crippen molar-refractivity contribution in [3.63, 3.8) is 0 Å². The summed E-state index contributed by atoms with van der Waals surface area (Å²) in [5.41, 5.74) is 8.52. The van der Waals surface area contributed by atoms with Crippen LogP contribution in [0.25, 0.3) is 38.2 Å². The molecule has 2 aromatic carbocycles. The molecule has 1 aliphatic heterocycles. The number of anilines is 1. The number of carbonyl (C=O) groups excluding carboxylic acids is 1. The molecule has 1 saturated heterocycles. The summed E-state index contributed by atoms with van der Waals surface area (Å²) in [6, 6.07) is 11.8. The second-order valence-electron chi connectivity index (χ2n) is 12.1. The van der Waals surface area contributed by atoms with Crippen molar-refractivity contribution >= 4 is 17.4 Å². The van der Waals surface area contributed by atoms with Crippen LogP contribution in [0.4, 0.5) is 20.4 Å². The molecule has 3 aromatic heterocycles. The number of halogens is 2. The minimum absolute atomic E-state index is 0.00379. The number of ketones is 1. The van der Waals surface area contributed by atoms with Crippen molar-refractivity contribution in [3.05, 3.63) is 118 Å². The molecule has 47 heavy (non-hydrogen) atoms. The summed E-state index contributed by atoms with van der Waals surface area (Å²) in [4.78, 5) is 35.2. The minimum atomic E-state index is -0.610. The number of nitrogen functional groups attached to an aromatic ring is 1. The molecule has 9 nitrogen and oxygen atoms in total. The van der Waals surface area contributed by atoms with Crippen LogP contribution in [0.15, 0.2) is 78.1 Å². The number of aromatic nitrogens is 4. The predicted octanol–water partition coefficient (Wildman–Crippen LogP) is 6.54. The van der Waals surface area contributed by atoms with Gasteiger partial charge in [0.05, 0.1) is 30.0 Å². The number of nitrogens with one attached hydrogen (secondary N) is 1. The molecule has 4 heterocycles. The van der Waals surface area contributed by atoms with Crippen LogP contribution in [0.5, 0.6) is 0 Å². The lowest BCUT2D eigenvalue weighted by Crippen LogP contribution is -2.29. The van der Waals surface area contributed by atoms with Crippen LogP contribution in [0.1, 0.15) is 53.7 Å². The van der Waals surface area contributed by atoms with Gasteiger partial charge in [-0.15, -0.1) is 0 Å². The van der Waals surface area contributed by atoms with E-state index in [0.29, 0.717) is 22.7 Å². The molecule has 0 atom stereocenters. The standard InChI is InChI=1S/C36H31F2N7O2/c1-40-36-33(22-3-5-25(37)6-4-22)34(47)30(20-44(36)26-7-8-26)32(46)15-21-2-9-28(31(38)14-21)29-16-23(17-42-35(29)39)24-18-43-45(19-24)27-10-12-41-13-11-27/h2-6,9,14,16-20,26-27,41H,7-8,10-13,15H2,(H2,39,42). The summed E-state index contributed by atoms with van der Waals surface area (Å²) in [5, 5.41) is 7.91. The molecular formula is C36H31F2N7O2. The van der Waals surface area contributed by atoms with Crippen molar-refractivity contribution in [2.24, 2.45) is 0 Å². The maximum absolute atomic E-state index is 15.7. The quantitative estimate of drug-likeness (QED) is 0.149. The lowest BCUT2D eigenvalue weighted by atomic mass is 9.96. The molecule has 0 bridgehead atoms. The molecular weight excluding hydrogens is 600 g/mol. The van der Waals surface area contributed by atoms with E-state index in [4.69, 9.17) is 12.3 Å². The fourth-order valence-corrected chi connectivity index (χ4v) is 6.22. The Balaban J connectivity index is 1.17. The summed E-state index contributed by atoms with van der Waals surface area (Å²) in [6.45, 7) is 9.66. The number of Topliss-reactive ketones (excluding diaryl/α,β-unsaturated/α-hetero) is 1. The number of carbonyl (C=O) groups is 1. The molecule has 2 aliphatic rings. The zero-order chi connectivity index (χ0) is 32.7. The third-order valence-electron chi connectivity index (χ3n) is 8.91. The molecule has 1 saturated carbocycles. The second-order valence-corrected chi connectivity index (χ2v) is 12.1. The lowest BCUT2D eigenvalue weighted by molar-refractivity contribution is 0.0991. The van der Waals surface area contributed by atoms with E-state index in [1.807, 2.05) is 10.9 Å². The number of hydrogen-bond acceptors (Lipinski definition) is 6. The van der Waals surface area contributed by atoms with E-state index < -0.39 is 22.8 Å². The maximum Gasteiger partial charge on any atom is 0.242 e. The first-order chi connectivity index (χ1) is 22.8. The van der Waals surface area contributed by atoms with E-state index in [2.05, 4.69) is 20.2 Å². The van der Waals surface area contributed by atoms with Crippen LogP contribution >= 0.6 is 0 Å². The Morgan fingerprint density at radius 1 is 0.936 bits per heavy atom. The minimum Gasteiger partial charge on any atom is -0.383 e. The third-order valence-corrected chi connectivity index (χ3v) is 8.91. The van der Waals surface area contributed by atoms with Gasteiger partial charge in [-0.1, -0.05) is 30.8 Å². The number of hydrogen-bond donors (Lipinski definition) is 2. The molecule has 0 amide bonds. The van der Waals surface area contributed by atoms with Crippen molar-refractivity contribution in [2.45, 2.75) is 44.2 Å². The summed E-state index contributed by atoms with van der Waals surface area (Å²) in [6.07, 6.45) is 10.2. The monoisotopic (exact) mass is 631 g/mol. The van der Waals surface area contributed by atoms with Gasteiger partial charge in [-0.3, -0.25) is 18.8 Å². The Morgan fingerprint density at radius 2 is 1.70 bits per heavy atom. The van der Waals surface area contributed by atoms with Crippen molar-refractivity contribution in [1.82, 2.24) is 24.6 Å². The van der Waals surface area contributed by atoms with Gasteiger partial charge in [0.15, 0.2) is 11.2 Å². The highest BCUT2D eigenvalue weighted by molar-refractivity contribution is 5.99. The van der Waals surface area contributed by atoms with E-state index >= 15 is 4.39 Å². The van der Waals surface area contributed by atoms with Gasteiger partial charge in [0, 0.05) is 41.1 Å². The van der Waals surface area contributed by atoms with Crippen LogP contribution in [0.2, 0.25) is 0 Å². The fourth-order valence-electron chi connectivity index (χ4n) is 6.22. The van der Waals surface area contributed by atoms with Gasteiger partial charge in [0.25, 0.3) is 0 Å². The molecule has 2 fully saturated rings. The molecule has 3 N–H and O–H groups in total. The Labute approximate surface area is 269 Å². The molecule has 11 heteroatoms. The first-order valence-corrected chi connectivity index (χ1v) is 15.6. The maximum atomic E-state index is 15.7. The summed E-state index contributed by atoms with van der Waals surface area (Å²) >= 11 is 0. The third kappa shape index (κ3) is 5.95. The van der Waals surface area contributed by atoms with E-state index in [1.165, 1.54) is 36.5 Å². The molecule has 5 aromatic rings. The number of pyridine rings is 2. The Morgan fingerprint density at radius 3 is 2.40 bits per heavy atom. The van der Waals surface area contributed by atoms with Gasteiger partial charge in [0.2, 0.25) is 5.82 Å². The Kier molecular flexibility index (Phi) is 7.95. The largest absolute Gasteiger partial charge is 0.383 e. The van der Waals surface area contributed by atoms with Crippen LogP contribution in [-0.2, 0) is 6.42 Å². The van der Waals surface area contributed by atoms with Crippen LogP contribution in [0, 0.1) is 18.2 Å². The average Bonchev–Trinajstić information content (AvgIpc) is 3.81. The SMILES string of the molecule is [C-]#[N+]c1c(-c2ccc(F)cc2)c(=O)c(C(=O)Cc2ccc(-c3cc(-c4cnn(C5CCNCC5)c4)cnc3N)c(F)c2)cn1C1CC1. The van der Waals surface area contributed by atoms with Crippen molar-refractivity contribution in [2.75, 3.05) is 18.8 Å². The molecule has 1 aliphatic carbocycles. The highest BCUT2D eigenvalue weighted by Gasteiger charge is 2.32. The van der Waals surface area contributed by atoms with Crippen molar-refractivity contribution < 1.29 is 13.6 Å². The molecule has 236 valence electrons. The smallest absolute Gasteiger partial charge is 0.242 e. The first kappa shape index (κ1) is 30.2. The number of rotatable bonds is 8. The average molecular weight is 632 g/mol. The highest BCUT2D eigenvalue weighted by atomic mass is 19.1. The zero-order valence-corrected chi connectivity index (χ0v) is 25.4. The lowest BCUT2D eigenvalue weighted by Gasteiger charge is -2.22. The number of nitrogens with two attached hydrogens (primary N) is 1. The normalized spacial score (nSPS) is 15.0. The van der Waals surface area contributed by atoms with Gasteiger partial charge < -0.3 is 15.9 Å². The van der Waals surface area contributed by atoms with Gasteiger partial charge in [0.1, 0.15) is 23.0 Å². The van der Waals surface area contributed by atoms with Crippen LogP contribution in [-0.4, -0.2) is 38.2 Å². The summed E-state index contributed by atoms with van der Waals surface area (Å²) in [5.74, 6) is -1.30. The number of nitrogens with zero attached hydrogens (tertiary/aromatic N) is 5. The summed E-state index contributed by atoms with van der Waals surface area (Å²) < 4.78 is 33.0. The van der Waals surface area contributed by atoms with E-state index in [1.54, 1.807) is 35.2 Å². The van der Waals surface area contributed by atoms with Crippen LogP contribution < -0.4 is 16.5 Å². The van der Waals surface area contributed by atoms with Gasteiger partial charge in [-0.2, -0.15) is 5.10 Å². The number of benzene rings is 2. The molecule has 0 radical (unpaired) electrons. The second kappa shape index (κ2) is 12.4. The topological polar surface area (TPSA) is 112 Å². The van der Waals surface area contributed by atoms with Gasteiger partial charge in [-0.05, 0) is 74.2 Å². The summed E-state index contributed by atoms with van der Waals surface area (Å²) in [7, 11) is 0. The highest BCUT2D eigenvalue weighted by Crippen LogP contribution is 2.41. The van der Waals surface area contributed by atoms with E-state index in [0.717, 1.165) is 49.9 Å².